The molecule has 4 rings (SSSR count). The van der Waals surface area contributed by atoms with Crippen molar-refractivity contribution in [2.24, 2.45) is 0 Å². The molecule has 2 aromatic rings. The second kappa shape index (κ2) is 3.72. The summed E-state index contributed by atoms with van der Waals surface area (Å²) in [4.78, 5) is 7.59. The molecule has 0 spiro atoms. The van der Waals surface area contributed by atoms with Crippen molar-refractivity contribution in [1.29, 1.82) is 0 Å². The molecule has 4 nitrogen and oxygen atoms in total. The third kappa shape index (κ3) is 1.54. The molecular weight excluding hydrogens is 212 g/mol. The number of nitrogens with zero attached hydrogens (tertiary/aromatic N) is 4. The second-order valence-corrected chi connectivity index (χ2v) is 3.54. The normalized spacial score (nSPS) is 10.3. The van der Waals surface area contributed by atoms with Crippen LogP contribution in [0.4, 0.5) is 0 Å². The molecule has 0 unspecified atom stereocenters. The first-order valence-electron chi connectivity index (χ1n) is 5.10. The van der Waals surface area contributed by atoms with Gasteiger partial charge in [-0.2, -0.15) is 9.78 Å². The Morgan fingerprint density at radius 1 is 1.06 bits per heavy atom. The maximum absolute atomic E-state index is 5.21. The zero-order valence-electron chi connectivity index (χ0n) is 8.91. The number of benzene rings is 1. The van der Waals surface area contributed by atoms with Gasteiger partial charge in [-0.05, 0) is 6.07 Å². The summed E-state index contributed by atoms with van der Waals surface area (Å²) in [6.45, 7) is 0. The van der Waals surface area contributed by atoms with E-state index < -0.39 is 0 Å². The van der Waals surface area contributed by atoms with Crippen molar-refractivity contribution in [3.05, 3.63) is 42.9 Å². The molecule has 17 heavy (non-hydrogen) atoms. The fraction of sp³-hybridized carbons (Fsp3) is 0. The van der Waals surface area contributed by atoms with Gasteiger partial charge in [0.05, 0.1) is 17.3 Å². The monoisotopic (exact) mass is 220 g/mol. The molecule has 80 valence electrons. The first kappa shape index (κ1) is 9.55. The highest BCUT2D eigenvalue weighted by molar-refractivity contribution is 5.79. The summed E-state index contributed by atoms with van der Waals surface area (Å²) in [6.07, 6.45) is 10.6. The minimum absolute atomic E-state index is 0.926. The van der Waals surface area contributed by atoms with Gasteiger partial charge >= 0.3 is 0 Å². The van der Waals surface area contributed by atoms with E-state index in [1.165, 1.54) is 10.2 Å². The summed E-state index contributed by atoms with van der Waals surface area (Å²) < 4.78 is 1.52. The third-order valence-corrected chi connectivity index (χ3v) is 2.51. The van der Waals surface area contributed by atoms with E-state index in [0.717, 1.165) is 16.7 Å². The molecule has 3 heterocycles. The fourth-order valence-electron chi connectivity index (χ4n) is 1.53. The number of fused-ring (bicyclic) bond motifs is 2. The molecule has 0 bridgehead atoms. The molecule has 0 atom stereocenters. The minimum atomic E-state index is 0.926. The van der Waals surface area contributed by atoms with Gasteiger partial charge in [-0.3, -0.25) is 0 Å². The average molecular weight is 220 g/mol. The summed E-state index contributed by atoms with van der Waals surface area (Å²) in [5.41, 5.74) is 2.19. The molecule has 0 aliphatic carbocycles. The van der Waals surface area contributed by atoms with Gasteiger partial charge in [0.15, 0.2) is 5.82 Å². The van der Waals surface area contributed by atoms with Crippen molar-refractivity contribution >= 4 is 10.9 Å². The molecule has 0 N–H and O–H groups in total. The lowest BCUT2D eigenvalue weighted by Crippen LogP contribution is -1.98. The Bertz CT molecular complexity index is 683. The molecule has 4 heteroatoms. The van der Waals surface area contributed by atoms with E-state index in [2.05, 4.69) is 21.1 Å². The lowest BCUT2D eigenvalue weighted by atomic mass is 10.2. The van der Waals surface area contributed by atoms with Crippen LogP contribution < -0.4 is 0 Å². The lowest BCUT2D eigenvalue weighted by Gasteiger charge is -2.06. The summed E-state index contributed by atoms with van der Waals surface area (Å²) >= 11 is 0. The smallest absolute Gasteiger partial charge is 0.162 e. The minimum Gasteiger partial charge on any atom is -0.236 e. The first-order valence-corrected chi connectivity index (χ1v) is 5.10. The van der Waals surface area contributed by atoms with E-state index in [1.807, 2.05) is 36.7 Å². The number of hydrogen-bond acceptors (Lipinski definition) is 3. The second-order valence-electron chi connectivity index (χ2n) is 3.54. The van der Waals surface area contributed by atoms with Gasteiger partial charge in [-0.25, -0.2) is 9.97 Å². The Morgan fingerprint density at radius 2 is 1.76 bits per heavy atom. The first-order chi connectivity index (χ1) is 8.38. The molecule has 2 aliphatic heterocycles. The van der Waals surface area contributed by atoms with Gasteiger partial charge in [-0.1, -0.05) is 24.6 Å². The van der Waals surface area contributed by atoms with Crippen LogP contribution in [0.5, 0.6) is 0 Å². The van der Waals surface area contributed by atoms with E-state index >= 15 is 0 Å². The van der Waals surface area contributed by atoms with Gasteiger partial charge in [0, 0.05) is 23.8 Å². The summed E-state index contributed by atoms with van der Waals surface area (Å²) in [5.74, 6) is 0.926. The molecular formula is C13H8N4. The predicted molar refractivity (Wildman–Crippen MR) is 65.0 cm³/mol. The Balaban J connectivity index is 0.000000125. The quantitative estimate of drug-likeness (QED) is 0.425. The maximum Gasteiger partial charge on any atom is 0.162 e. The van der Waals surface area contributed by atoms with Crippen molar-refractivity contribution < 1.29 is 0 Å². The van der Waals surface area contributed by atoms with E-state index in [4.69, 9.17) is 6.42 Å². The molecule has 0 saturated heterocycles. The highest BCUT2D eigenvalue weighted by atomic mass is 15.3. The van der Waals surface area contributed by atoms with Crippen LogP contribution in [-0.2, 0) is 0 Å². The Labute approximate surface area is 97.9 Å². The largest absolute Gasteiger partial charge is 0.236 e. The van der Waals surface area contributed by atoms with Crippen molar-refractivity contribution in [1.82, 2.24) is 19.7 Å². The van der Waals surface area contributed by atoms with Crippen LogP contribution in [-0.4, -0.2) is 19.7 Å². The standard InChI is InChI=1S/C9H6N2.C4H2N2/c1-2-11-9-6-4-3-5-8(9)7-10-11;1-3-2-6-4(3)5-1/h1,3-7H;1-2H. The van der Waals surface area contributed by atoms with Gasteiger partial charge in [-0.15, -0.1) is 0 Å². The Hall–Kier alpha value is -2.67. The van der Waals surface area contributed by atoms with Crippen LogP contribution in [0.2, 0.25) is 0 Å². The molecule has 1 aromatic carbocycles. The van der Waals surface area contributed by atoms with Crippen LogP contribution in [0, 0.1) is 12.5 Å². The fourth-order valence-corrected chi connectivity index (χ4v) is 1.53. The summed E-state index contributed by atoms with van der Waals surface area (Å²) in [5, 5.41) is 5.07. The van der Waals surface area contributed by atoms with Gasteiger partial charge in [0.2, 0.25) is 0 Å². The van der Waals surface area contributed by atoms with Crippen LogP contribution in [0.3, 0.4) is 0 Å². The maximum atomic E-state index is 5.21. The van der Waals surface area contributed by atoms with E-state index in [-0.39, 0.29) is 0 Å². The number of rotatable bonds is 0. The van der Waals surface area contributed by atoms with Crippen LogP contribution in [0.1, 0.15) is 0 Å². The topological polar surface area (TPSA) is 43.6 Å². The highest BCUT2D eigenvalue weighted by Crippen LogP contribution is 2.20. The number of aromatic nitrogens is 4. The van der Waals surface area contributed by atoms with Crippen LogP contribution in [0.25, 0.3) is 22.3 Å². The molecule has 2 aliphatic rings. The summed E-state index contributed by atoms with van der Waals surface area (Å²) in [7, 11) is 0. The van der Waals surface area contributed by atoms with Crippen molar-refractivity contribution in [3.8, 4) is 23.9 Å². The van der Waals surface area contributed by atoms with Crippen molar-refractivity contribution in [3.63, 3.8) is 0 Å². The SMILES string of the molecule is C#Cn1ncc2ccccc21.c1nc2ncc1-2. The number of para-hydroxylation sites is 1. The van der Waals surface area contributed by atoms with Gasteiger partial charge in [0.1, 0.15) is 0 Å². The predicted octanol–water partition coefficient (Wildman–Crippen LogP) is 1.93. The van der Waals surface area contributed by atoms with Crippen LogP contribution >= 0.6 is 0 Å². The molecule has 0 amide bonds. The van der Waals surface area contributed by atoms with Gasteiger partial charge < -0.3 is 0 Å². The molecule has 0 saturated carbocycles. The molecule has 1 aromatic heterocycles. The van der Waals surface area contributed by atoms with Crippen molar-refractivity contribution in [2.45, 2.75) is 0 Å². The van der Waals surface area contributed by atoms with Crippen molar-refractivity contribution in [2.75, 3.05) is 0 Å². The zero-order valence-corrected chi connectivity index (χ0v) is 8.91. The van der Waals surface area contributed by atoms with Gasteiger partial charge in [0.25, 0.3) is 0 Å². The van der Waals surface area contributed by atoms with E-state index in [0.29, 0.717) is 0 Å². The van der Waals surface area contributed by atoms with Crippen LogP contribution in [0.15, 0.2) is 42.9 Å². The Morgan fingerprint density at radius 3 is 2.29 bits per heavy atom. The zero-order chi connectivity index (χ0) is 11.7. The van der Waals surface area contributed by atoms with E-state index in [9.17, 15) is 0 Å². The Kier molecular flexibility index (Phi) is 2.09. The highest BCUT2D eigenvalue weighted by Gasteiger charge is 2.09. The number of terminal acetylenes is 1. The van der Waals surface area contributed by atoms with E-state index in [1.54, 1.807) is 6.20 Å². The average Bonchev–Trinajstić information content (AvgIpc) is 2.77. The summed E-state index contributed by atoms with van der Waals surface area (Å²) in [6, 6.07) is 10.3. The lowest BCUT2D eigenvalue weighted by molar-refractivity contribution is 0.949. The number of hydrogen-bond donors (Lipinski definition) is 0. The molecule has 0 fully saturated rings. The third-order valence-electron chi connectivity index (χ3n) is 2.51. The molecule has 0 radical (unpaired) electrons.